The second-order valence-corrected chi connectivity index (χ2v) is 5.20. The minimum Gasteiger partial charge on any atom is -0.364 e. The first-order valence-electron chi connectivity index (χ1n) is 6.77. The van der Waals surface area contributed by atoms with Gasteiger partial charge in [0.05, 0.1) is 0 Å². The zero-order chi connectivity index (χ0) is 12.3. The third-order valence-corrected chi connectivity index (χ3v) is 4.09. The molecular weight excluding hydrogens is 208 g/mol. The smallest absolute Gasteiger partial charge is 0.0496 e. The summed E-state index contributed by atoms with van der Waals surface area (Å²) >= 11 is 0. The van der Waals surface area contributed by atoms with Crippen molar-refractivity contribution in [2.45, 2.75) is 39.2 Å². The van der Waals surface area contributed by atoms with Crippen molar-refractivity contribution >= 4 is 5.69 Å². The van der Waals surface area contributed by atoms with Crippen molar-refractivity contribution in [2.75, 3.05) is 24.5 Å². The molecule has 0 aliphatic carbocycles. The highest BCUT2D eigenvalue weighted by Crippen LogP contribution is 2.28. The quantitative estimate of drug-likeness (QED) is 0.862. The van der Waals surface area contributed by atoms with Crippen LogP contribution in [-0.4, -0.2) is 25.2 Å². The SMILES string of the molecule is CCc1ccc(N2CCNCC2(C)CC)cc1. The number of aryl methyl sites for hydroxylation is 1. The van der Waals surface area contributed by atoms with Crippen LogP contribution >= 0.6 is 0 Å². The number of hydrogen-bond donors (Lipinski definition) is 1. The van der Waals surface area contributed by atoms with E-state index in [0.29, 0.717) is 0 Å². The molecule has 1 aliphatic rings. The summed E-state index contributed by atoms with van der Waals surface area (Å²) in [4.78, 5) is 2.56. The molecule has 0 radical (unpaired) electrons. The fraction of sp³-hybridized carbons (Fsp3) is 0.600. The molecule has 1 fully saturated rings. The molecule has 2 rings (SSSR count). The maximum absolute atomic E-state index is 3.51. The van der Waals surface area contributed by atoms with E-state index in [1.54, 1.807) is 0 Å². The molecular formula is C15H24N2. The Hall–Kier alpha value is -1.02. The lowest BCUT2D eigenvalue weighted by Gasteiger charge is -2.46. The van der Waals surface area contributed by atoms with E-state index in [0.717, 1.165) is 26.1 Å². The van der Waals surface area contributed by atoms with Gasteiger partial charge in [-0.25, -0.2) is 0 Å². The average Bonchev–Trinajstić information content (AvgIpc) is 2.39. The first kappa shape index (κ1) is 12.4. The molecule has 1 atom stereocenters. The average molecular weight is 232 g/mol. The van der Waals surface area contributed by atoms with Crippen LogP contribution in [0.5, 0.6) is 0 Å². The number of nitrogens with one attached hydrogen (secondary N) is 1. The molecule has 0 saturated carbocycles. The van der Waals surface area contributed by atoms with Crippen LogP contribution in [0.1, 0.15) is 32.8 Å². The van der Waals surface area contributed by atoms with Crippen LogP contribution in [0.3, 0.4) is 0 Å². The Morgan fingerprint density at radius 3 is 2.53 bits per heavy atom. The van der Waals surface area contributed by atoms with E-state index in [9.17, 15) is 0 Å². The summed E-state index contributed by atoms with van der Waals surface area (Å²) < 4.78 is 0. The highest BCUT2D eigenvalue weighted by Gasteiger charge is 2.32. The van der Waals surface area contributed by atoms with Crippen LogP contribution in [0.15, 0.2) is 24.3 Å². The standard InChI is InChI=1S/C15H24N2/c1-4-13-6-8-14(9-7-13)17-11-10-16-12-15(17,3)5-2/h6-9,16H,4-5,10-12H2,1-3H3. The number of rotatable bonds is 3. The van der Waals surface area contributed by atoms with Gasteiger partial charge in [0.25, 0.3) is 0 Å². The molecule has 1 aromatic carbocycles. The molecule has 0 aromatic heterocycles. The molecule has 0 bridgehead atoms. The minimum absolute atomic E-state index is 0.256. The number of hydrogen-bond acceptors (Lipinski definition) is 2. The van der Waals surface area contributed by atoms with Crippen molar-refractivity contribution in [2.24, 2.45) is 0 Å². The number of nitrogens with zero attached hydrogens (tertiary/aromatic N) is 1. The monoisotopic (exact) mass is 232 g/mol. The van der Waals surface area contributed by atoms with Gasteiger partial charge in [0.1, 0.15) is 0 Å². The Morgan fingerprint density at radius 1 is 1.24 bits per heavy atom. The molecule has 0 amide bonds. The Balaban J connectivity index is 2.23. The third-order valence-electron chi connectivity index (χ3n) is 4.09. The van der Waals surface area contributed by atoms with E-state index in [2.05, 4.69) is 55.3 Å². The Morgan fingerprint density at radius 2 is 1.94 bits per heavy atom. The van der Waals surface area contributed by atoms with Gasteiger partial charge < -0.3 is 10.2 Å². The van der Waals surface area contributed by atoms with E-state index < -0.39 is 0 Å². The number of benzene rings is 1. The summed E-state index contributed by atoms with van der Waals surface area (Å²) in [6.07, 6.45) is 2.29. The molecule has 1 N–H and O–H groups in total. The van der Waals surface area contributed by atoms with Crippen molar-refractivity contribution in [3.05, 3.63) is 29.8 Å². The second-order valence-electron chi connectivity index (χ2n) is 5.20. The van der Waals surface area contributed by atoms with Crippen molar-refractivity contribution < 1.29 is 0 Å². The van der Waals surface area contributed by atoms with Gasteiger partial charge in [-0.2, -0.15) is 0 Å². The maximum atomic E-state index is 3.51. The lowest BCUT2D eigenvalue weighted by atomic mass is 9.93. The highest BCUT2D eigenvalue weighted by molar-refractivity contribution is 5.51. The fourth-order valence-electron chi connectivity index (χ4n) is 2.58. The summed E-state index contributed by atoms with van der Waals surface area (Å²) in [5.41, 5.74) is 3.04. The van der Waals surface area contributed by atoms with E-state index in [1.165, 1.54) is 17.7 Å². The zero-order valence-electron chi connectivity index (χ0n) is 11.3. The predicted octanol–water partition coefficient (Wildman–Crippen LogP) is 2.83. The van der Waals surface area contributed by atoms with Crippen LogP contribution in [-0.2, 0) is 6.42 Å². The number of anilines is 1. The largest absolute Gasteiger partial charge is 0.364 e. The molecule has 1 unspecified atom stereocenters. The van der Waals surface area contributed by atoms with Gasteiger partial charge in [-0.1, -0.05) is 26.0 Å². The van der Waals surface area contributed by atoms with Gasteiger partial charge in [0.2, 0.25) is 0 Å². The van der Waals surface area contributed by atoms with Crippen molar-refractivity contribution in [3.63, 3.8) is 0 Å². The van der Waals surface area contributed by atoms with E-state index in [4.69, 9.17) is 0 Å². The van der Waals surface area contributed by atoms with Crippen LogP contribution in [0.25, 0.3) is 0 Å². The van der Waals surface area contributed by atoms with Crippen molar-refractivity contribution in [3.8, 4) is 0 Å². The van der Waals surface area contributed by atoms with Crippen molar-refractivity contribution in [1.29, 1.82) is 0 Å². The molecule has 2 heteroatoms. The Kier molecular flexibility index (Phi) is 3.72. The minimum atomic E-state index is 0.256. The summed E-state index contributed by atoms with van der Waals surface area (Å²) in [6.45, 7) is 10.1. The van der Waals surface area contributed by atoms with Gasteiger partial charge in [-0.3, -0.25) is 0 Å². The lowest BCUT2D eigenvalue weighted by Crippen LogP contribution is -2.59. The van der Waals surface area contributed by atoms with E-state index in [1.807, 2.05) is 0 Å². The summed E-state index contributed by atoms with van der Waals surface area (Å²) in [6, 6.07) is 9.07. The Labute approximate surface area is 105 Å². The fourth-order valence-corrected chi connectivity index (χ4v) is 2.58. The van der Waals surface area contributed by atoms with Gasteiger partial charge in [-0.05, 0) is 37.5 Å². The van der Waals surface area contributed by atoms with Gasteiger partial charge in [-0.15, -0.1) is 0 Å². The molecule has 1 aromatic rings. The normalized spacial score (nSPS) is 25.0. The predicted molar refractivity (Wildman–Crippen MR) is 74.7 cm³/mol. The first-order valence-corrected chi connectivity index (χ1v) is 6.77. The molecule has 1 saturated heterocycles. The van der Waals surface area contributed by atoms with Crippen LogP contribution in [0, 0.1) is 0 Å². The summed E-state index contributed by atoms with van der Waals surface area (Å²) in [5, 5.41) is 3.51. The molecule has 2 nitrogen and oxygen atoms in total. The van der Waals surface area contributed by atoms with Crippen LogP contribution in [0.4, 0.5) is 5.69 Å². The van der Waals surface area contributed by atoms with Crippen molar-refractivity contribution in [1.82, 2.24) is 5.32 Å². The van der Waals surface area contributed by atoms with E-state index in [-0.39, 0.29) is 5.54 Å². The molecule has 1 heterocycles. The number of piperazine rings is 1. The molecule has 1 aliphatic heterocycles. The second kappa shape index (κ2) is 5.09. The van der Waals surface area contributed by atoms with E-state index >= 15 is 0 Å². The van der Waals surface area contributed by atoms with Gasteiger partial charge in [0, 0.05) is 30.9 Å². The molecule has 0 spiro atoms. The topological polar surface area (TPSA) is 15.3 Å². The summed E-state index contributed by atoms with van der Waals surface area (Å²) in [7, 11) is 0. The summed E-state index contributed by atoms with van der Waals surface area (Å²) in [5.74, 6) is 0. The van der Waals surface area contributed by atoms with Crippen LogP contribution in [0.2, 0.25) is 0 Å². The van der Waals surface area contributed by atoms with Gasteiger partial charge in [0.15, 0.2) is 0 Å². The highest BCUT2D eigenvalue weighted by atomic mass is 15.3. The Bertz CT molecular complexity index is 358. The zero-order valence-corrected chi connectivity index (χ0v) is 11.3. The third kappa shape index (κ3) is 2.47. The maximum Gasteiger partial charge on any atom is 0.0496 e. The van der Waals surface area contributed by atoms with Gasteiger partial charge >= 0.3 is 0 Å². The first-order chi connectivity index (χ1) is 8.19. The van der Waals surface area contributed by atoms with Crippen LogP contribution < -0.4 is 10.2 Å². The lowest BCUT2D eigenvalue weighted by molar-refractivity contribution is 0.342. The molecule has 94 valence electrons. The molecule has 17 heavy (non-hydrogen) atoms.